The van der Waals surface area contributed by atoms with E-state index in [1.807, 2.05) is 0 Å². The Bertz CT molecular complexity index is 486. The maximum atomic E-state index is 13.8. The third kappa shape index (κ3) is 3.61. The quantitative estimate of drug-likeness (QED) is 0.802. The Morgan fingerprint density at radius 2 is 2.00 bits per heavy atom. The number of hydrogen-bond donors (Lipinski definition) is 0. The zero-order chi connectivity index (χ0) is 15.8. The summed E-state index contributed by atoms with van der Waals surface area (Å²) in [6, 6.07) is 1.65. The Hall–Kier alpha value is -1.44. The molecule has 0 aromatic carbocycles. The maximum Gasteiger partial charge on any atom is 0.417 e. The van der Waals surface area contributed by atoms with Gasteiger partial charge < -0.3 is 4.74 Å². The van der Waals surface area contributed by atoms with Gasteiger partial charge in [-0.3, -0.25) is 4.90 Å². The first kappa shape index (κ1) is 15.9. The van der Waals surface area contributed by atoms with Crippen LogP contribution in [0.2, 0.25) is 0 Å². The number of rotatable bonds is 3. The lowest BCUT2D eigenvalue weighted by Gasteiger charge is -2.19. The van der Waals surface area contributed by atoms with Crippen LogP contribution < -0.4 is 4.74 Å². The van der Waals surface area contributed by atoms with Gasteiger partial charge >= 0.3 is 6.18 Å². The lowest BCUT2D eigenvalue weighted by atomic mass is 10.2. The smallest absolute Gasteiger partial charge is 0.417 e. The summed E-state index contributed by atoms with van der Waals surface area (Å²) >= 11 is 0. The van der Waals surface area contributed by atoms with Crippen LogP contribution in [0.5, 0.6) is 5.88 Å². The minimum Gasteiger partial charge on any atom is -0.466 e. The molecule has 8 heteroatoms. The molecule has 0 spiro atoms. The van der Waals surface area contributed by atoms with Crippen LogP contribution in [0.1, 0.15) is 19.4 Å². The number of nitrogens with zero attached hydrogens (tertiary/aromatic N) is 2. The van der Waals surface area contributed by atoms with E-state index in [2.05, 4.69) is 4.98 Å². The average molecular weight is 310 g/mol. The third-order valence-corrected chi connectivity index (χ3v) is 3.34. The Labute approximate surface area is 118 Å². The van der Waals surface area contributed by atoms with Gasteiger partial charge in [0.2, 0.25) is 5.88 Å². The van der Waals surface area contributed by atoms with E-state index in [0.717, 1.165) is 12.1 Å². The first-order valence-corrected chi connectivity index (χ1v) is 6.41. The highest BCUT2D eigenvalue weighted by Gasteiger charge is 2.50. The second-order valence-electron chi connectivity index (χ2n) is 5.27. The number of likely N-dealkylation sites (tertiary alicyclic amines) is 1. The first-order chi connectivity index (χ1) is 9.59. The monoisotopic (exact) mass is 310 g/mol. The van der Waals surface area contributed by atoms with E-state index in [0.29, 0.717) is 6.20 Å². The van der Waals surface area contributed by atoms with E-state index in [9.17, 15) is 22.0 Å². The van der Waals surface area contributed by atoms with Gasteiger partial charge in [-0.15, -0.1) is 0 Å². The zero-order valence-electron chi connectivity index (χ0n) is 11.5. The molecule has 0 radical (unpaired) electrons. The van der Waals surface area contributed by atoms with Crippen molar-refractivity contribution in [2.75, 3.05) is 13.1 Å². The number of pyridine rings is 1. The molecular weight excluding hydrogens is 295 g/mol. The normalized spacial score (nSPS) is 22.8. The molecule has 0 aliphatic carbocycles. The molecule has 0 amide bonds. The van der Waals surface area contributed by atoms with E-state index in [4.69, 9.17) is 4.74 Å². The van der Waals surface area contributed by atoms with Crippen molar-refractivity contribution in [2.24, 2.45) is 0 Å². The van der Waals surface area contributed by atoms with Crippen LogP contribution in [0.4, 0.5) is 22.0 Å². The van der Waals surface area contributed by atoms with E-state index >= 15 is 0 Å². The molecule has 1 aromatic rings. The minimum absolute atomic E-state index is 0.00731. The van der Waals surface area contributed by atoms with Crippen LogP contribution in [0, 0.1) is 0 Å². The summed E-state index contributed by atoms with van der Waals surface area (Å²) in [6.07, 6.45) is -5.36. The van der Waals surface area contributed by atoms with Crippen LogP contribution in [-0.4, -0.2) is 41.0 Å². The number of halogens is 5. The lowest BCUT2D eigenvalue weighted by molar-refractivity contribution is -0.137. The molecule has 1 saturated heterocycles. The van der Waals surface area contributed by atoms with Gasteiger partial charge in [-0.05, 0) is 19.9 Å². The van der Waals surface area contributed by atoms with Gasteiger partial charge in [0.15, 0.2) is 6.10 Å². The van der Waals surface area contributed by atoms with Crippen LogP contribution in [0.3, 0.4) is 0 Å². The SMILES string of the molecule is CC(C)N1C[C@@H](Oc2ccc(C(F)(F)F)cn2)C(F)(F)C1. The molecule has 1 fully saturated rings. The fourth-order valence-electron chi connectivity index (χ4n) is 2.06. The van der Waals surface area contributed by atoms with E-state index in [1.54, 1.807) is 18.7 Å². The largest absolute Gasteiger partial charge is 0.466 e. The van der Waals surface area contributed by atoms with Crippen LogP contribution in [0.15, 0.2) is 18.3 Å². The van der Waals surface area contributed by atoms with Gasteiger partial charge in [-0.1, -0.05) is 0 Å². The van der Waals surface area contributed by atoms with Crippen molar-refractivity contribution in [2.45, 2.75) is 38.1 Å². The topological polar surface area (TPSA) is 25.4 Å². The molecule has 0 unspecified atom stereocenters. The van der Waals surface area contributed by atoms with Crippen molar-refractivity contribution >= 4 is 0 Å². The molecule has 1 atom stereocenters. The van der Waals surface area contributed by atoms with Crippen molar-refractivity contribution in [1.82, 2.24) is 9.88 Å². The van der Waals surface area contributed by atoms with Crippen molar-refractivity contribution in [3.63, 3.8) is 0 Å². The number of hydrogen-bond acceptors (Lipinski definition) is 3. The van der Waals surface area contributed by atoms with E-state index in [1.165, 1.54) is 0 Å². The van der Waals surface area contributed by atoms with Gasteiger partial charge in [0.25, 0.3) is 5.92 Å². The second-order valence-corrected chi connectivity index (χ2v) is 5.27. The number of alkyl halides is 5. The van der Waals surface area contributed by atoms with Crippen molar-refractivity contribution in [3.05, 3.63) is 23.9 Å². The molecule has 1 aliphatic rings. The standard InChI is InChI=1S/C13H15F5N2O/c1-8(2)20-6-10(12(14,15)7-20)21-11-4-3-9(5-19-11)13(16,17)18/h3-5,8,10H,6-7H2,1-2H3/t10-/m1/s1. The zero-order valence-corrected chi connectivity index (χ0v) is 11.5. The minimum atomic E-state index is -4.52. The second kappa shape index (κ2) is 5.40. The summed E-state index contributed by atoms with van der Waals surface area (Å²) in [5.41, 5.74) is -0.947. The number of aromatic nitrogens is 1. The van der Waals surface area contributed by atoms with E-state index < -0.39 is 30.3 Å². The Kier molecular flexibility index (Phi) is 4.10. The maximum absolute atomic E-state index is 13.8. The summed E-state index contributed by atoms with van der Waals surface area (Å²) in [7, 11) is 0. The molecule has 0 N–H and O–H groups in total. The molecule has 0 saturated carbocycles. The number of ether oxygens (including phenoxy) is 1. The van der Waals surface area contributed by atoms with Gasteiger partial charge in [0, 0.05) is 24.8 Å². The predicted octanol–water partition coefficient (Wildman–Crippen LogP) is 3.21. The lowest BCUT2D eigenvalue weighted by Crippen LogP contribution is -2.36. The first-order valence-electron chi connectivity index (χ1n) is 6.41. The fraction of sp³-hybridized carbons (Fsp3) is 0.615. The summed E-state index contributed by atoms with van der Waals surface area (Å²) in [6.45, 7) is 3.15. The Morgan fingerprint density at radius 3 is 2.43 bits per heavy atom. The molecular formula is C13H15F5N2O. The molecule has 2 rings (SSSR count). The highest BCUT2D eigenvalue weighted by molar-refractivity contribution is 5.20. The Morgan fingerprint density at radius 1 is 1.33 bits per heavy atom. The van der Waals surface area contributed by atoms with Crippen LogP contribution >= 0.6 is 0 Å². The van der Waals surface area contributed by atoms with Crippen LogP contribution in [0.25, 0.3) is 0 Å². The Balaban J connectivity index is 2.08. The third-order valence-electron chi connectivity index (χ3n) is 3.34. The average Bonchev–Trinajstić information content (AvgIpc) is 2.65. The van der Waals surface area contributed by atoms with Gasteiger partial charge in [0.1, 0.15) is 0 Å². The highest BCUT2D eigenvalue weighted by atomic mass is 19.4. The molecule has 118 valence electrons. The molecule has 1 aromatic heterocycles. The van der Waals surface area contributed by atoms with E-state index in [-0.39, 0.29) is 18.5 Å². The van der Waals surface area contributed by atoms with Crippen molar-refractivity contribution in [3.8, 4) is 5.88 Å². The summed E-state index contributed by atoms with van der Waals surface area (Å²) in [5, 5.41) is 0. The van der Waals surface area contributed by atoms with Gasteiger partial charge in [-0.25, -0.2) is 13.8 Å². The van der Waals surface area contributed by atoms with Crippen molar-refractivity contribution in [1.29, 1.82) is 0 Å². The molecule has 2 heterocycles. The van der Waals surface area contributed by atoms with Crippen LogP contribution in [-0.2, 0) is 6.18 Å². The summed E-state index contributed by atoms with van der Waals surface area (Å²) in [4.78, 5) is 5.00. The molecule has 21 heavy (non-hydrogen) atoms. The fourth-order valence-corrected chi connectivity index (χ4v) is 2.06. The molecule has 0 bridgehead atoms. The van der Waals surface area contributed by atoms with Crippen molar-refractivity contribution < 1.29 is 26.7 Å². The molecule has 1 aliphatic heterocycles. The van der Waals surface area contributed by atoms with Gasteiger partial charge in [0.05, 0.1) is 12.1 Å². The molecule has 3 nitrogen and oxygen atoms in total. The summed E-state index contributed by atoms with van der Waals surface area (Å²) in [5.74, 6) is -3.30. The predicted molar refractivity (Wildman–Crippen MR) is 65.3 cm³/mol. The van der Waals surface area contributed by atoms with Gasteiger partial charge in [-0.2, -0.15) is 13.2 Å². The summed E-state index contributed by atoms with van der Waals surface area (Å²) < 4.78 is 69.8. The highest BCUT2D eigenvalue weighted by Crippen LogP contribution is 2.33.